The van der Waals surface area contributed by atoms with Gasteiger partial charge in [-0.1, -0.05) is 26.2 Å². The maximum atomic E-state index is 6.33. The molecule has 4 nitrogen and oxygen atoms in total. The van der Waals surface area contributed by atoms with Crippen molar-refractivity contribution in [2.75, 3.05) is 20.2 Å². The summed E-state index contributed by atoms with van der Waals surface area (Å²) in [5.74, 6) is 0.503. The molecule has 4 heteroatoms. The molecule has 1 spiro atoms. The topological polar surface area (TPSA) is 41.2 Å². The van der Waals surface area contributed by atoms with Crippen molar-refractivity contribution in [1.82, 2.24) is 15.1 Å². The highest BCUT2D eigenvalue weighted by Gasteiger charge is 2.39. The number of aromatic amines is 1. The van der Waals surface area contributed by atoms with Crippen molar-refractivity contribution in [3.63, 3.8) is 0 Å². The molecule has 0 aromatic carbocycles. The number of aromatic nitrogens is 2. The average Bonchev–Trinajstić information content (AvgIpc) is 3.16. The van der Waals surface area contributed by atoms with Gasteiger partial charge in [0.1, 0.15) is 0 Å². The van der Waals surface area contributed by atoms with Crippen LogP contribution in [0.15, 0.2) is 6.20 Å². The lowest BCUT2D eigenvalue weighted by atomic mass is 9.85. The molecule has 0 amide bonds. The first-order valence-electron chi connectivity index (χ1n) is 9.07. The number of nitrogens with one attached hydrogen (secondary N) is 1. The lowest BCUT2D eigenvalue weighted by Crippen LogP contribution is -2.36. The Balaban J connectivity index is 1.58. The summed E-state index contributed by atoms with van der Waals surface area (Å²) in [6, 6.07) is 0. The van der Waals surface area contributed by atoms with Crippen LogP contribution < -0.4 is 0 Å². The van der Waals surface area contributed by atoms with E-state index in [0.29, 0.717) is 5.92 Å². The number of hydrogen-bond donors (Lipinski definition) is 1. The van der Waals surface area contributed by atoms with Gasteiger partial charge in [0.25, 0.3) is 0 Å². The van der Waals surface area contributed by atoms with Crippen LogP contribution in [0.3, 0.4) is 0 Å². The lowest BCUT2D eigenvalue weighted by molar-refractivity contribution is -0.0824. The molecule has 3 rings (SSSR count). The van der Waals surface area contributed by atoms with Crippen LogP contribution in [0.5, 0.6) is 0 Å². The third-order valence-corrected chi connectivity index (χ3v) is 5.55. The maximum Gasteiger partial charge on any atom is 0.0683 e. The molecular weight excluding hydrogens is 274 g/mol. The Kier molecular flexibility index (Phi) is 5.19. The van der Waals surface area contributed by atoms with E-state index in [0.717, 1.165) is 19.7 Å². The standard InChI is InChI=1S/C18H31N3O/c1-3-4-11-21(2)13-16-12-19-20-17(16)15-7-10-18(22-14-15)8-5-6-9-18/h12,15H,3-11,13-14H2,1-2H3,(H,19,20)/t15-/m1/s1. The summed E-state index contributed by atoms with van der Waals surface area (Å²) < 4.78 is 6.33. The summed E-state index contributed by atoms with van der Waals surface area (Å²) in [7, 11) is 2.21. The molecule has 1 aromatic heterocycles. The van der Waals surface area contributed by atoms with E-state index in [-0.39, 0.29) is 5.60 Å². The molecule has 1 N–H and O–H groups in total. The van der Waals surface area contributed by atoms with Gasteiger partial charge >= 0.3 is 0 Å². The Morgan fingerprint density at radius 3 is 2.86 bits per heavy atom. The molecule has 0 unspecified atom stereocenters. The summed E-state index contributed by atoms with van der Waals surface area (Å²) in [5, 5.41) is 7.57. The van der Waals surface area contributed by atoms with Gasteiger partial charge in [-0.2, -0.15) is 5.10 Å². The molecule has 1 aliphatic heterocycles. The summed E-state index contributed by atoms with van der Waals surface area (Å²) in [6.07, 6.45) is 12.2. The fourth-order valence-corrected chi connectivity index (χ4v) is 4.11. The quantitative estimate of drug-likeness (QED) is 0.868. The molecule has 1 atom stereocenters. The minimum Gasteiger partial charge on any atom is -0.374 e. The minimum atomic E-state index is 0.231. The highest BCUT2D eigenvalue weighted by molar-refractivity contribution is 5.21. The van der Waals surface area contributed by atoms with Crippen molar-refractivity contribution in [1.29, 1.82) is 0 Å². The SMILES string of the molecule is CCCCN(C)Cc1cn[nH]c1[C@@H]1CCC2(CCCC2)OC1. The van der Waals surface area contributed by atoms with Crippen LogP contribution in [0.25, 0.3) is 0 Å². The molecule has 1 saturated heterocycles. The van der Waals surface area contributed by atoms with E-state index in [1.807, 2.05) is 6.20 Å². The Morgan fingerprint density at radius 1 is 1.36 bits per heavy atom. The number of unbranched alkanes of at least 4 members (excludes halogenated alkanes) is 1. The van der Waals surface area contributed by atoms with Crippen LogP contribution in [0.4, 0.5) is 0 Å². The largest absolute Gasteiger partial charge is 0.374 e. The number of H-pyrrole nitrogens is 1. The van der Waals surface area contributed by atoms with Crippen molar-refractivity contribution in [3.05, 3.63) is 17.5 Å². The Bertz CT molecular complexity index is 455. The van der Waals surface area contributed by atoms with Crippen molar-refractivity contribution in [3.8, 4) is 0 Å². The minimum absolute atomic E-state index is 0.231. The third kappa shape index (κ3) is 3.54. The third-order valence-electron chi connectivity index (χ3n) is 5.55. The van der Waals surface area contributed by atoms with E-state index in [1.165, 1.54) is 62.6 Å². The van der Waals surface area contributed by atoms with Crippen LogP contribution >= 0.6 is 0 Å². The first-order valence-corrected chi connectivity index (χ1v) is 9.07. The van der Waals surface area contributed by atoms with Gasteiger partial charge in [0.15, 0.2) is 0 Å². The predicted molar refractivity (Wildman–Crippen MR) is 89.0 cm³/mol. The van der Waals surface area contributed by atoms with Gasteiger partial charge in [0.05, 0.1) is 18.4 Å². The summed E-state index contributed by atoms with van der Waals surface area (Å²) >= 11 is 0. The predicted octanol–water partition coefficient (Wildman–Crippen LogP) is 3.85. The monoisotopic (exact) mass is 305 g/mol. The lowest BCUT2D eigenvalue weighted by Gasteiger charge is -2.37. The average molecular weight is 305 g/mol. The molecule has 22 heavy (non-hydrogen) atoms. The van der Waals surface area contributed by atoms with Crippen LogP contribution in [0.1, 0.15) is 75.5 Å². The van der Waals surface area contributed by atoms with Crippen molar-refractivity contribution < 1.29 is 4.74 Å². The van der Waals surface area contributed by atoms with Gasteiger partial charge in [0.2, 0.25) is 0 Å². The van der Waals surface area contributed by atoms with E-state index < -0.39 is 0 Å². The Hall–Kier alpha value is -0.870. The zero-order valence-corrected chi connectivity index (χ0v) is 14.2. The summed E-state index contributed by atoms with van der Waals surface area (Å²) in [6.45, 7) is 5.27. The van der Waals surface area contributed by atoms with E-state index in [9.17, 15) is 0 Å². The second-order valence-corrected chi connectivity index (χ2v) is 7.34. The fraction of sp³-hybridized carbons (Fsp3) is 0.833. The molecule has 2 heterocycles. The molecular formula is C18H31N3O. The van der Waals surface area contributed by atoms with E-state index in [4.69, 9.17) is 4.74 Å². The Morgan fingerprint density at radius 2 is 2.18 bits per heavy atom. The molecule has 124 valence electrons. The van der Waals surface area contributed by atoms with Crippen molar-refractivity contribution in [2.45, 2.75) is 76.4 Å². The highest BCUT2D eigenvalue weighted by Crippen LogP contribution is 2.43. The molecule has 1 aromatic rings. The van der Waals surface area contributed by atoms with E-state index in [1.54, 1.807) is 0 Å². The number of nitrogens with zero attached hydrogens (tertiary/aromatic N) is 2. The van der Waals surface area contributed by atoms with Gasteiger partial charge in [-0.3, -0.25) is 5.10 Å². The van der Waals surface area contributed by atoms with Crippen LogP contribution in [-0.2, 0) is 11.3 Å². The first-order chi connectivity index (χ1) is 10.7. The molecule has 0 radical (unpaired) electrons. The van der Waals surface area contributed by atoms with E-state index >= 15 is 0 Å². The number of ether oxygens (including phenoxy) is 1. The first kappa shape index (κ1) is 16.0. The van der Waals surface area contributed by atoms with Crippen LogP contribution in [0.2, 0.25) is 0 Å². The summed E-state index contributed by atoms with van der Waals surface area (Å²) in [5.41, 5.74) is 2.90. The molecule has 2 aliphatic rings. The smallest absolute Gasteiger partial charge is 0.0683 e. The van der Waals surface area contributed by atoms with Gasteiger partial charge in [-0.25, -0.2) is 0 Å². The summed E-state index contributed by atoms with van der Waals surface area (Å²) in [4.78, 5) is 2.40. The second-order valence-electron chi connectivity index (χ2n) is 7.34. The fourth-order valence-electron chi connectivity index (χ4n) is 4.11. The second kappa shape index (κ2) is 7.14. The van der Waals surface area contributed by atoms with Gasteiger partial charge < -0.3 is 9.64 Å². The molecule has 0 bridgehead atoms. The normalized spacial score (nSPS) is 24.4. The zero-order valence-electron chi connectivity index (χ0n) is 14.2. The number of hydrogen-bond acceptors (Lipinski definition) is 3. The molecule has 1 saturated carbocycles. The Labute approximate surface area is 134 Å². The van der Waals surface area contributed by atoms with Crippen molar-refractivity contribution >= 4 is 0 Å². The van der Waals surface area contributed by atoms with Crippen LogP contribution in [0, 0.1) is 0 Å². The van der Waals surface area contributed by atoms with Crippen LogP contribution in [-0.4, -0.2) is 40.9 Å². The highest BCUT2D eigenvalue weighted by atomic mass is 16.5. The molecule has 2 fully saturated rings. The zero-order chi connectivity index (χ0) is 15.4. The van der Waals surface area contributed by atoms with Crippen molar-refractivity contribution in [2.24, 2.45) is 0 Å². The maximum absolute atomic E-state index is 6.33. The van der Waals surface area contributed by atoms with Gasteiger partial charge in [-0.05, 0) is 45.7 Å². The van der Waals surface area contributed by atoms with Gasteiger partial charge in [-0.15, -0.1) is 0 Å². The number of rotatable bonds is 6. The molecule has 1 aliphatic carbocycles. The van der Waals surface area contributed by atoms with E-state index in [2.05, 4.69) is 29.1 Å². The van der Waals surface area contributed by atoms with Gasteiger partial charge in [0, 0.05) is 23.7 Å².